The standard InChI is InChI=1S/C10H16N/c1-9(2)8-10-4-6-11(3)7-5-10/h4-7,9H,8H2,1-3H3/q+1. The highest BCUT2D eigenvalue weighted by Crippen LogP contribution is 2.04. The summed E-state index contributed by atoms with van der Waals surface area (Å²) in [6.45, 7) is 4.49. The van der Waals surface area contributed by atoms with Crippen LogP contribution in [0.25, 0.3) is 0 Å². The van der Waals surface area contributed by atoms with Gasteiger partial charge < -0.3 is 0 Å². The summed E-state index contributed by atoms with van der Waals surface area (Å²) in [5.74, 6) is 0.753. The largest absolute Gasteiger partial charge is 0.208 e. The lowest BCUT2D eigenvalue weighted by Gasteiger charge is -2.01. The summed E-state index contributed by atoms with van der Waals surface area (Å²) in [4.78, 5) is 0. The van der Waals surface area contributed by atoms with Crippen LogP contribution in [0.2, 0.25) is 0 Å². The Hall–Kier alpha value is -0.850. The first-order chi connectivity index (χ1) is 5.18. The van der Waals surface area contributed by atoms with E-state index in [0.29, 0.717) is 0 Å². The highest BCUT2D eigenvalue weighted by molar-refractivity contribution is 5.07. The summed E-state index contributed by atoms with van der Waals surface area (Å²) in [6.07, 6.45) is 5.37. The van der Waals surface area contributed by atoms with Crippen molar-refractivity contribution in [1.82, 2.24) is 0 Å². The van der Waals surface area contributed by atoms with E-state index in [0.717, 1.165) is 5.92 Å². The predicted octanol–water partition coefficient (Wildman–Crippen LogP) is 1.71. The van der Waals surface area contributed by atoms with E-state index in [4.69, 9.17) is 0 Å². The third-order valence-electron chi connectivity index (χ3n) is 1.69. The molecule has 1 aromatic heterocycles. The van der Waals surface area contributed by atoms with Crippen LogP contribution in [0.1, 0.15) is 19.4 Å². The van der Waals surface area contributed by atoms with Crippen LogP contribution in [-0.4, -0.2) is 0 Å². The number of aromatic nitrogens is 1. The normalized spacial score (nSPS) is 10.5. The van der Waals surface area contributed by atoms with E-state index in [-0.39, 0.29) is 0 Å². The molecule has 0 unspecified atom stereocenters. The van der Waals surface area contributed by atoms with Crippen LogP contribution in [0.5, 0.6) is 0 Å². The summed E-state index contributed by atoms with van der Waals surface area (Å²) in [5.41, 5.74) is 1.43. The van der Waals surface area contributed by atoms with Gasteiger partial charge in [0.25, 0.3) is 0 Å². The van der Waals surface area contributed by atoms with Crippen molar-refractivity contribution < 1.29 is 4.57 Å². The SMILES string of the molecule is CC(C)Cc1cc[n+](C)cc1. The molecular formula is C10H16N+. The Labute approximate surface area is 68.7 Å². The van der Waals surface area contributed by atoms with Gasteiger partial charge in [-0.05, 0) is 17.9 Å². The molecule has 0 aliphatic heterocycles. The predicted molar refractivity (Wildman–Crippen MR) is 46.2 cm³/mol. The minimum atomic E-state index is 0.753. The molecule has 1 heteroatoms. The Morgan fingerprint density at radius 2 is 1.82 bits per heavy atom. The first-order valence-corrected chi connectivity index (χ1v) is 4.12. The first kappa shape index (κ1) is 8.25. The summed E-state index contributed by atoms with van der Waals surface area (Å²) in [5, 5.41) is 0. The van der Waals surface area contributed by atoms with Crippen LogP contribution in [0.15, 0.2) is 24.5 Å². The van der Waals surface area contributed by atoms with E-state index >= 15 is 0 Å². The lowest BCUT2D eigenvalue weighted by atomic mass is 10.0. The molecule has 0 spiro atoms. The average Bonchev–Trinajstić information content (AvgIpc) is 1.93. The molecule has 1 aromatic rings. The Morgan fingerprint density at radius 3 is 2.27 bits per heavy atom. The average molecular weight is 150 g/mol. The molecule has 0 amide bonds. The molecule has 0 fully saturated rings. The number of aryl methyl sites for hydroxylation is 1. The van der Waals surface area contributed by atoms with Gasteiger partial charge in [0.05, 0.1) is 0 Å². The number of hydrogen-bond acceptors (Lipinski definition) is 0. The Kier molecular flexibility index (Phi) is 2.64. The molecule has 0 N–H and O–H groups in total. The molecule has 0 saturated carbocycles. The number of nitrogens with zero attached hydrogens (tertiary/aromatic N) is 1. The number of pyridine rings is 1. The van der Waals surface area contributed by atoms with E-state index in [1.807, 2.05) is 7.05 Å². The van der Waals surface area contributed by atoms with Gasteiger partial charge in [0, 0.05) is 12.1 Å². The first-order valence-electron chi connectivity index (χ1n) is 4.12. The molecule has 1 heterocycles. The van der Waals surface area contributed by atoms with Crippen molar-refractivity contribution in [2.24, 2.45) is 13.0 Å². The maximum atomic E-state index is 2.24. The minimum Gasteiger partial charge on any atom is -0.208 e. The quantitative estimate of drug-likeness (QED) is 0.565. The van der Waals surface area contributed by atoms with E-state index in [9.17, 15) is 0 Å². The highest BCUT2D eigenvalue weighted by Gasteiger charge is 1.98. The van der Waals surface area contributed by atoms with E-state index in [1.54, 1.807) is 0 Å². The van der Waals surface area contributed by atoms with Gasteiger partial charge in [0.1, 0.15) is 7.05 Å². The van der Waals surface area contributed by atoms with Crippen LogP contribution < -0.4 is 4.57 Å². The van der Waals surface area contributed by atoms with E-state index in [2.05, 4.69) is 42.9 Å². The molecule has 11 heavy (non-hydrogen) atoms. The zero-order chi connectivity index (χ0) is 8.27. The van der Waals surface area contributed by atoms with Crippen molar-refractivity contribution in [2.75, 3.05) is 0 Å². The third-order valence-corrected chi connectivity index (χ3v) is 1.69. The van der Waals surface area contributed by atoms with Crippen molar-refractivity contribution in [2.45, 2.75) is 20.3 Å². The fourth-order valence-corrected chi connectivity index (χ4v) is 1.14. The van der Waals surface area contributed by atoms with Crippen LogP contribution in [0, 0.1) is 5.92 Å². The second-order valence-corrected chi connectivity index (χ2v) is 3.47. The monoisotopic (exact) mass is 150 g/mol. The molecule has 0 atom stereocenters. The van der Waals surface area contributed by atoms with Crippen LogP contribution in [-0.2, 0) is 13.5 Å². The summed E-state index contributed by atoms with van der Waals surface area (Å²) >= 11 is 0. The summed E-state index contributed by atoms with van der Waals surface area (Å²) < 4.78 is 2.06. The number of hydrogen-bond donors (Lipinski definition) is 0. The Balaban J connectivity index is 2.66. The molecule has 1 rings (SSSR count). The molecule has 0 aliphatic rings. The van der Waals surface area contributed by atoms with E-state index in [1.165, 1.54) is 12.0 Å². The highest BCUT2D eigenvalue weighted by atomic mass is 14.9. The number of rotatable bonds is 2. The van der Waals surface area contributed by atoms with Crippen molar-refractivity contribution in [3.8, 4) is 0 Å². The summed E-state index contributed by atoms with van der Waals surface area (Å²) in [7, 11) is 2.04. The van der Waals surface area contributed by atoms with Gasteiger partial charge in [-0.1, -0.05) is 13.8 Å². The van der Waals surface area contributed by atoms with Gasteiger partial charge in [-0.2, -0.15) is 0 Å². The molecule has 0 saturated heterocycles. The minimum absolute atomic E-state index is 0.753. The van der Waals surface area contributed by atoms with Crippen molar-refractivity contribution >= 4 is 0 Å². The van der Waals surface area contributed by atoms with Gasteiger partial charge in [-0.15, -0.1) is 0 Å². The zero-order valence-electron chi connectivity index (χ0n) is 7.54. The van der Waals surface area contributed by atoms with Crippen LogP contribution >= 0.6 is 0 Å². The maximum absolute atomic E-state index is 2.24. The second-order valence-electron chi connectivity index (χ2n) is 3.47. The van der Waals surface area contributed by atoms with Crippen LogP contribution in [0.3, 0.4) is 0 Å². The molecule has 0 radical (unpaired) electrons. The Bertz CT molecular complexity index is 211. The fraction of sp³-hybridized carbons (Fsp3) is 0.500. The molecule has 0 aromatic carbocycles. The molecule has 0 bridgehead atoms. The second kappa shape index (κ2) is 3.51. The van der Waals surface area contributed by atoms with Gasteiger partial charge in [-0.3, -0.25) is 0 Å². The summed E-state index contributed by atoms with van der Waals surface area (Å²) in [6, 6.07) is 4.36. The molecule has 1 nitrogen and oxygen atoms in total. The van der Waals surface area contributed by atoms with E-state index < -0.39 is 0 Å². The van der Waals surface area contributed by atoms with Crippen molar-refractivity contribution in [3.63, 3.8) is 0 Å². The smallest absolute Gasteiger partial charge is 0.168 e. The van der Waals surface area contributed by atoms with Gasteiger partial charge >= 0.3 is 0 Å². The third kappa shape index (κ3) is 2.71. The molecule has 0 aliphatic carbocycles. The Morgan fingerprint density at radius 1 is 1.27 bits per heavy atom. The van der Waals surface area contributed by atoms with Crippen LogP contribution in [0.4, 0.5) is 0 Å². The van der Waals surface area contributed by atoms with Gasteiger partial charge in [0.15, 0.2) is 12.4 Å². The topological polar surface area (TPSA) is 3.88 Å². The molecular weight excluding hydrogens is 134 g/mol. The fourth-order valence-electron chi connectivity index (χ4n) is 1.14. The maximum Gasteiger partial charge on any atom is 0.168 e. The van der Waals surface area contributed by atoms with Crippen molar-refractivity contribution in [1.29, 1.82) is 0 Å². The van der Waals surface area contributed by atoms with Gasteiger partial charge in [0.2, 0.25) is 0 Å². The molecule has 60 valence electrons. The lowest BCUT2D eigenvalue weighted by molar-refractivity contribution is -0.671. The zero-order valence-corrected chi connectivity index (χ0v) is 7.54. The van der Waals surface area contributed by atoms with Gasteiger partial charge in [-0.25, -0.2) is 4.57 Å². The lowest BCUT2D eigenvalue weighted by Crippen LogP contribution is -2.26. The van der Waals surface area contributed by atoms with Crippen molar-refractivity contribution in [3.05, 3.63) is 30.1 Å².